The topological polar surface area (TPSA) is 46.2 Å². The van der Waals surface area contributed by atoms with Crippen molar-refractivity contribution in [3.63, 3.8) is 0 Å². The normalized spacial score (nSPS) is 11.3. The maximum absolute atomic E-state index is 13.5. The maximum Gasteiger partial charge on any atom is 0.177 e. The Balaban J connectivity index is 2.29. The van der Waals surface area contributed by atoms with E-state index in [-0.39, 0.29) is 17.0 Å². The highest BCUT2D eigenvalue weighted by Crippen LogP contribution is 2.22. The molecular formula is C14H13F2NO2S. The average Bonchev–Trinajstić information content (AvgIpc) is 2.37. The molecule has 20 heavy (non-hydrogen) atoms. The molecule has 0 spiro atoms. The van der Waals surface area contributed by atoms with Gasteiger partial charge < -0.3 is 5.32 Å². The zero-order valence-electron chi connectivity index (χ0n) is 10.7. The van der Waals surface area contributed by atoms with Crippen LogP contribution in [0.2, 0.25) is 0 Å². The van der Waals surface area contributed by atoms with Gasteiger partial charge in [-0.25, -0.2) is 17.2 Å². The third-order valence-electron chi connectivity index (χ3n) is 2.80. The molecule has 0 aliphatic carbocycles. The number of hydrogen-bond acceptors (Lipinski definition) is 3. The monoisotopic (exact) mass is 297 g/mol. The third-order valence-corrected chi connectivity index (χ3v) is 3.96. The van der Waals surface area contributed by atoms with E-state index >= 15 is 0 Å². The number of nitrogens with one attached hydrogen (secondary N) is 1. The summed E-state index contributed by atoms with van der Waals surface area (Å²) in [7, 11) is -3.41. The Morgan fingerprint density at radius 2 is 1.60 bits per heavy atom. The van der Waals surface area contributed by atoms with Crippen LogP contribution in [0.3, 0.4) is 0 Å². The van der Waals surface area contributed by atoms with E-state index < -0.39 is 21.5 Å². The molecule has 0 saturated carbocycles. The molecule has 0 bridgehead atoms. The average molecular weight is 297 g/mol. The minimum atomic E-state index is -3.41. The van der Waals surface area contributed by atoms with E-state index in [0.29, 0.717) is 5.69 Å². The Bertz CT molecular complexity index is 709. The quantitative estimate of drug-likeness (QED) is 0.943. The van der Waals surface area contributed by atoms with Crippen molar-refractivity contribution in [2.75, 3.05) is 11.6 Å². The molecular weight excluding hydrogens is 284 g/mol. The van der Waals surface area contributed by atoms with E-state index in [9.17, 15) is 17.2 Å². The van der Waals surface area contributed by atoms with E-state index in [1.165, 1.54) is 12.1 Å². The van der Waals surface area contributed by atoms with Gasteiger partial charge in [0.05, 0.1) is 10.6 Å². The third kappa shape index (κ3) is 3.14. The number of anilines is 1. The molecule has 0 aromatic heterocycles. The summed E-state index contributed by atoms with van der Waals surface area (Å²) in [6, 6.07) is 9.81. The molecule has 0 unspecified atom stereocenters. The predicted octanol–water partition coefficient (Wildman–Crippen LogP) is 2.98. The fourth-order valence-corrected chi connectivity index (χ4v) is 2.69. The van der Waals surface area contributed by atoms with Crippen molar-refractivity contribution in [3.05, 3.63) is 59.7 Å². The second-order valence-corrected chi connectivity index (χ2v) is 6.31. The second-order valence-electron chi connectivity index (χ2n) is 4.32. The van der Waals surface area contributed by atoms with Gasteiger partial charge in [-0.05, 0) is 24.3 Å². The van der Waals surface area contributed by atoms with Gasteiger partial charge in [0.2, 0.25) is 0 Å². The molecule has 0 saturated heterocycles. The van der Waals surface area contributed by atoms with Gasteiger partial charge in [0, 0.05) is 18.4 Å². The number of hydrogen-bond donors (Lipinski definition) is 1. The summed E-state index contributed by atoms with van der Waals surface area (Å²) in [5.41, 5.74) is 0.188. The van der Waals surface area contributed by atoms with Crippen LogP contribution in [0.25, 0.3) is 0 Å². The number of halogens is 2. The summed E-state index contributed by atoms with van der Waals surface area (Å²) >= 11 is 0. The van der Waals surface area contributed by atoms with Gasteiger partial charge in [0.1, 0.15) is 11.6 Å². The molecule has 0 aliphatic heterocycles. The summed E-state index contributed by atoms with van der Waals surface area (Å²) in [5.74, 6) is -1.34. The maximum atomic E-state index is 13.5. The van der Waals surface area contributed by atoms with Crippen LogP contribution in [0.5, 0.6) is 0 Å². The molecule has 6 heteroatoms. The zero-order valence-corrected chi connectivity index (χ0v) is 11.5. The van der Waals surface area contributed by atoms with Gasteiger partial charge >= 0.3 is 0 Å². The lowest BCUT2D eigenvalue weighted by Gasteiger charge is -2.11. The summed E-state index contributed by atoms with van der Waals surface area (Å²) < 4.78 is 50.2. The molecule has 2 aromatic rings. The van der Waals surface area contributed by atoms with E-state index in [1.807, 2.05) is 0 Å². The Labute approximate surface area is 116 Å². The van der Waals surface area contributed by atoms with Crippen LogP contribution in [-0.4, -0.2) is 14.7 Å². The van der Waals surface area contributed by atoms with Gasteiger partial charge in [-0.15, -0.1) is 0 Å². The first-order valence-corrected chi connectivity index (χ1v) is 7.74. The lowest BCUT2D eigenvalue weighted by Crippen LogP contribution is -2.08. The minimum absolute atomic E-state index is 0.0942. The van der Waals surface area contributed by atoms with Crippen LogP contribution in [0.15, 0.2) is 47.4 Å². The highest BCUT2D eigenvalue weighted by Gasteiger charge is 2.14. The number of para-hydroxylation sites is 1. The molecule has 0 radical (unpaired) electrons. The van der Waals surface area contributed by atoms with Crippen molar-refractivity contribution >= 4 is 15.5 Å². The van der Waals surface area contributed by atoms with Crippen LogP contribution >= 0.6 is 0 Å². The lowest BCUT2D eigenvalue weighted by molar-refractivity contribution is 0.560. The molecule has 1 N–H and O–H groups in total. The zero-order chi connectivity index (χ0) is 14.8. The summed E-state index contributed by atoms with van der Waals surface area (Å²) in [4.78, 5) is 0.0942. The van der Waals surface area contributed by atoms with Crippen molar-refractivity contribution in [2.24, 2.45) is 0 Å². The van der Waals surface area contributed by atoms with E-state index in [0.717, 1.165) is 18.4 Å². The van der Waals surface area contributed by atoms with E-state index in [1.54, 1.807) is 18.2 Å². The molecule has 0 heterocycles. The first-order valence-electron chi connectivity index (χ1n) is 5.85. The van der Waals surface area contributed by atoms with Gasteiger partial charge in [0.15, 0.2) is 9.84 Å². The molecule has 0 atom stereocenters. The SMILES string of the molecule is CS(=O)(=O)c1ccccc1NCc1c(F)cccc1F. The number of benzene rings is 2. The number of rotatable bonds is 4. The minimum Gasteiger partial charge on any atom is -0.380 e. The lowest BCUT2D eigenvalue weighted by atomic mass is 10.2. The molecule has 2 aromatic carbocycles. The van der Waals surface area contributed by atoms with E-state index in [2.05, 4.69) is 5.32 Å². The summed E-state index contributed by atoms with van der Waals surface area (Å²) in [5, 5.41) is 2.76. The first kappa shape index (κ1) is 14.5. The molecule has 0 fully saturated rings. The molecule has 106 valence electrons. The molecule has 0 amide bonds. The molecule has 2 rings (SSSR count). The van der Waals surface area contributed by atoms with Crippen molar-refractivity contribution in [2.45, 2.75) is 11.4 Å². The van der Waals surface area contributed by atoms with Crippen LogP contribution in [0.4, 0.5) is 14.5 Å². The smallest absolute Gasteiger partial charge is 0.177 e. The second kappa shape index (κ2) is 5.58. The highest BCUT2D eigenvalue weighted by atomic mass is 32.2. The van der Waals surface area contributed by atoms with Crippen LogP contribution in [0, 0.1) is 11.6 Å². The van der Waals surface area contributed by atoms with Gasteiger partial charge in [-0.2, -0.15) is 0 Å². The standard InChI is InChI=1S/C14H13F2NO2S/c1-20(18,19)14-8-3-2-7-13(14)17-9-10-11(15)5-4-6-12(10)16/h2-8,17H,9H2,1H3. The predicted molar refractivity (Wildman–Crippen MR) is 73.2 cm³/mol. The summed E-state index contributed by atoms with van der Waals surface area (Å²) in [6.45, 7) is -0.134. The number of sulfone groups is 1. The fourth-order valence-electron chi connectivity index (χ4n) is 1.82. The van der Waals surface area contributed by atoms with Crippen molar-refractivity contribution in [3.8, 4) is 0 Å². The van der Waals surface area contributed by atoms with Crippen molar-refractivity contribution in [1.29, 1.82) is 0 Å². The summed E-state index contributed by atoms with van der Waals surface area (Å²) in [6.07, 6.45) is 1.08. The van der Waals surface area contributed by atoms with Crippen LogP contribution in [0.1, 0.15) is 5.56 Å². The first-order chi connectivity index (χ1) is 9.39. The Kier molecular flexibility index (Phi) is 4.04. The van der Waals surface area contributed by atoms with Gasteiger partial charge in [-0.3, -0.25) is 0 Å². The van der Waals surface area contributed by atoms with Gasteiger partial charge in [0.25, 0.3) is 0 Å². The Morgan fingerprint density at radius 3 is 2.20 bits per heavy atom. The van der Waals surface area contributed by atoms with E-state index in [4.69, 9.17) is 0 Å². The largest absolute Gasteiger partial charge is 0.380 e. The Hall–Kier alpha value is -1.95. The molecule has 3 nitrogen and oxygen atoms in total. The Morgan fingerprint density at radius 1 is 1.00 bits per heavy atom. The van der Waals surface area contributed by atoms with Crippen LogP contribution in [-0.2, 0) is 16.4 Å². The highest BCUT2D eigenvalue weighted by molar-refractivity contribution is 7.90. The van der Waals surface area contributed by atoms with Crippen LogP contribution < -0.4 is 5.32 Å². The fraction of sp³-hybridized carbons (Fsp3) is 0.143. The molecule has 0 aliphatic rings. The van der Waals surface area contributed by atoms with Gasteiger partial charge in [-0.1, -0.05) is 18.2 Å². The van der Waals surface area contributed by atoms with Crippen molar-refractivity contribution in [1.82, 2.24) is 0 Å². The van der Waals surface area contributed by atoms with Crippen molar-refractivity contribution < 1.29 is 17.2 Å².